The smallest absolute Gasteiger partial charge is 0.329 e. The van der Waals surface area contributed by atoms with Gasteiger partial charge in [-0.15, -0.1) is 6.42 Å². The van der Waals surface area contributed by atoms with Gasteiger partial charge in [0.25, 0.3) is 0 Å². The lowest BCUT2D eigenvalue weighted by Gasteiger charge is -2.33. The van der Waals surface area contributed by atoms with E-state index in [0.29, 0.717) is 6.54 Å². The number of amides is 1. The molecule has 4 heteroatoms. The van der Waals surface area contributed by atoms with E-state index < -0.39 is 11.5 Å². The Morgan fingerprint density at radius 1 is 1.50 bits per heavy atom. The molecule has 78 valence electrons. The van der Waals surface area contributed by atoms with Gasteiger partial charge in [0.15, 0.2) is 0 Å². The van der Waals surface area contributed by atoms with E-state index in [0.717, 1.165) is 0 Å². The molecule has 0 radical (unpaired) electrons. The lowest BCUT2D eigenvalue weighted by Crippen LogP contribution is -2.52. The zero-order valence-corrected chi connectivity index (χ0v) is 8.70. The molecule has 0 spiro atoms. The van der Waals surface area contributed by atoms with E-state index in [-0.39, 0.29) is 12.3 Å². The third-order valence-electron chi connectivity index (χ3n) is 2.07. The SMILES string of the molecule is C#CCC(=O)N(CC)C(C)(C)C(=O)O. The topological polar surface area (TPSA) is 57.6 Å². The predicted molar refractivity (Wildman–Crippen MR) is 52.6 cm³/mol. The van der Waals surface area contributed by atoms with Gasteiger partial charge in [-0.25, -0.2) is 4.79 Å². The number of aliphatic carboxylic acids is 1. The second-order valence-corrected chi connectivity index (χ2v) is 3.38. The number of likely N-dealkylation sites (N-methyl/N-ethyl adjacent to an activating group) is 1. The summed E-state index contributed by atoms with van der Waals surface area (Å²) < 4.78 is 0. The number of terminal acetylenes is 1. The minimum Gasteiger partial charge on any atom is -0.480 e. The van der Waals surface area contributed by atoms with Crippen LogP contribution in [-0.2, 0) is 9.59 Å². The maximum Gasteiger partial charge on any atom is 0.329 e. The van der Waals surface area contributed by atoms with Crippen molar-refractivity contribution in [3.8, 4) is 12.3 Å². The van der Waals surface area contributed by atoms with Gasteiger partial charge in [0.1, 0.15) is 5.54 Å². The van der Waals surface area contributed by atoms with Crippen molar-refractivity contribution in [2.45, 2.75) is 32.7 Å². The van der Waals surface area contributed by atoms with Gasteiger partial charge in [-0.05, 0) is 20.8 Å². The van der Waals surface area contributed by atoms with Crippen molar-refractivity contribution < 1.29 is 14.7 Å². The quantitative estimate of drug-likeness (QED) is 0.676. The molecule has 1 amide bonds. The molecule has 0 unspecified atom stereocenters. The summed E-state index contributed by atoms with van der Waals surface area (Å²) in [5.41, 5.74) is -1.21. The van der Waals surface area contributed by atoms with E-state index in [4.69, 9.17) is 11.5 Å². The number of carbonyl (C=O) groups is 2. The average Bonchev–Trinajstić information content (AvgIpc) is 2.04. The Hall–Kier alpha value is -1.50. The van der Waals surface area contributed by atoms with Crippen molar-refractivity contribution in [1.29, 1.82) is 0 Å². The third kappa shape index (κ3) is 2.49. The lowest BCUT2D eigenvalue weighted by atomic mass is 10.0. The van der Waals surface area contributed by atoms with Crippen LogP contribution in [0.2, 0.25) is 0 Å². The van der Waals surface area contributed by atoms with E-state index >= 15 is 0 Å². The van der Waals surface area contributed by atoms with Crippen LogP contribution < -0.4 is 0 Å². The van der Waals surface area contributed by atoms with Gasteiger partial charge in [-0.2, -0.15) is 0 Å². The zero-order valence-electron chi connectivity index (χ0n) is 8.70. The summed E-state index contributed by atoms with van der Waals surface area (Å²) in [6.45, 7) is 5.01. The first-order valence-electron chi connectivity index (χ1n) is 4.35. The summed E-state index contributed by atoms with van der Waals surface area (Å²) in [6.07, 6.45) is 4.93. The van der Waals surface area contributed by atoms with E-state index in [9.17, 15) is 9.59 Å². The van der Waals surface area contributed by atoms with Crippen molar-refractivity contribution in [1.82, 2.24) is 4.90 Å². The fraction of sp³-hybridized carbons (Fsp3) is 0.600. The van der Waals surface area contributed by atoms with Crippen molar-refractivity contribution in [2.75, 3.05) is 6.54 Å². The maximum absolute atomic E-state index is 11.4. The van der Waals surface area contributed by atoms with Crippen LogP contribution in [-0.4, -0.2) is 34.0 Å². The number of hydrogen-bond acceptors (Lipinski definition) is 2. The molecule has 0 heterocycles. The van der Waals surface area contributed by atoms with Gasteiger partial charge in [-0.3, -0.25) is 4.79 Å². The van der Waals surface area contributed by atoms with Crippen molar-refractivity contribution in [3.63, 3.8) is 0 Å². The monoisotopic (exact) mass is 197 g/mol. The van der Waals surface area contributed by atoms with Gasteiger partial charge in [0, 0.05) is 6.54 Å². The van der Waals surface area contributed by atoms with Crippen LogP contribution in [0, 0.1) is 12.3 Å². The molecule has 14 heavy (non-hydrogen) atoms. The summed E-state index contributed by atoms with van der Waals surface area (Å²) in [6, 6.07) is 0. The lowest BCUT2D eigenvalue weighted by molar-refractivity contribution is -0.156. The summed E-state index contributed by atoms with van der Waals surface area (Å²) in [4.78, 5) is 23.6. The van der Waals surface area contributed by atoms with Crippen LogP contribution >= 0.6 is 0 Å². The molecule has 0 bridgehead atoms. The molecule has 0 aromatic heterocycles. The standard InChI is InChI=1S/C10H15NO3/c1-5-7-8(12)11(6-2)10(3,4)9(13)14/h1H,6-7H2,2-4H3,(H,13,14). The second-order valence-electron chi connectivity index (χ2n) is 3.38. The molecule has 1 N–H and O–H groups in total. The Labute approximate surface area is 83.9 Å². The van der Waals surface area contributed by atoms with Gasteiger partial charge in [0.05, 0.1) is 6.42 Å². The first-order chi connectivity index (χ1) is 6.37. The number of nitrogens with zero attached hydrogens (tertiary/aromatic N) is 1. The summed E-state index contributed by atoms with van der Waals surface area (Å²) >= 11 is 0. The minimum absolute atomic E-state index is 0.0649. The van der Waals surface area contributed by atoms with Crippen LogP contribution in [0.15, 0.2) is 0 Å². The minimum atomic E-state index is -1.21. The van der Waals surface area contributed by atoms with Crippen molar-refractivity contribution in [3.05, 3.63) is 0 Å². The van der Waals surface area contributed by atoms with Crippen LogP contribution in [0.3, 0.4) is 0 Å². The highest BCUT2D eigenvalue weighted by Crippen LogP contribution is 2.15. The predicted octanol–water partition coefficient (Wildman–Crippen LogP) is 0.721. The van der Waals surface area contributed by atoms with Crippen LogP contribution in [0.5, 0.6) is 0 Å². The van der Waals surface area contributed by atoms with E-state index in [1.165, 1.54) is 18.7 Å². The molecule has 0 saturated carbocycles. The van der Waals surface area contributed by atoms with Gasteiger partial charge in [-0.1, -0.05) is 5.92 Å². The molecule has 0 rings (SSSR count). The Morgan fingerprint density at radius 3 is 2.29 bits per heavy atom. The number of carbonyl (C=O) groups excluding carboxylic acids is 1. The number of rotatable bonds is 4. The van der Waals surface area contributed by atoms with Crippen molar-refractivity contribution in [2.24, 2.45) is 0 Å². The molecule has 0 aromatic rings. The average molecular weight is 197 g/mol. The van der Waals surface area contributed by atoms with Gasteiger partial charge in [0.2, 0.25) is 5.91 Å². The Bertz CT molecular complexity index is 276. The highest BCUT2D eigenvalue weighted by molar-refractivity contribution is 5.87. The summed E-state index contributed by atoms with van der Waals surface area (Å²) in [5, 5.41) is 8.91. The van der Waals surface area contributed by atoms with Crippen LogP contribution in [0.25, 0.3) is 0 Å². The molecule has 0 aliphatic carbocycles. The molecule has 4 nitrogen and oxygen atoms in total. The van der Waals surface area contributed by atoms with E-state index in [1.807, 2.05) is 0 Å². The number of carboxylic acid groups (broad SMARTS) is 1. The van der Waals surface area contributed by atoms with E-state index in [1.54, 1.807) is 6.92 Å². The highest BCUT2D eigenvalue weighted by Gasteiger charge is 2.36. The fourth-order valence-electron chi connectivity index (χ4n) is 1.18. The number of carboxylic acids is 1. The first-order valence-corrected chi connectivity index (χ1v) is 4.35. The van der Waals surface area contributed by atoms with Crippen molar-refractivity contribution >= 4 is 11.9 Å². The summed E-state index contributed by atoms with van der Waals surface area (Å²) in [7, 11) is 0. The highest BCUT2D eigenvalue weighted by atomic mass is 16.4. The zero-order chi connectivity index (χ0) is 11.4. The van der Waals surface area contributed by atoms with Crippen LogP contribution in [0.4, 0.5) is 0 Å². The largest absolute Gasteiger partial charge is 0.480 e. The fourth-order valence-corrected chi connectivity index (χ4v) is 1.18. The molecule has 0 fully saturated rings. The Balaban J connectivity index is 4.82. The van der Waals surface area contributed by atoms with Crippen LogP contribution in [0.1, 0.15) is 27.2 Å². The molecule has 0 atom stereocenters. The van der Waals surface area contributed by atoms with Gasteiger partial charge >= 0.3 is 5.97 Å². The first kappa shape index (κ1) is 12.5. The molecule has 0 saturated heterocycles. The van der Waals surface area contributed by atoms with Gasteiger partial charge < -0.3 is 10.0 Å². The molecular formula is C10H15NO3. The molecule has 0 aliphatic rings. The molecule has 0 aliphatic heterocycles. The summed E-state index contributed by atoms with van der Waals surface area (Å²) in [5.74, 6) is 0.841. The third-order valence-corrected chi connectivity index (χ3v) is 2.07. The second kappa shape index (κ2) is 4.66. The normalized spacial score (nSPS) is 10.4. The Kier molecular flexibility index (Phi) is 4.16. The Morgan fingerprint density at radius 2 is 2.00 bits per heavy atom. The molecular weight excluding hydrogens is 182 g/mol. The van der Waals surface area contributed by atoms with E-state index in [2.05, 4.69) is 5.92 Å². The number of hydrogen-bond donors (Lipinski definition) is 1. The molecule has 0 aromatic carbocycles. The maximum atomic E-state index is 11.4.